The number of fused-ring (bicyclic) bond motifs is 1. The molecule has 3 rings (SSSR count). The van der Waals surface area contributed by atoms with E-state index in [0.717, 1.165) is 21.2 Å². The minimum atomic E-state index is -1.10. The van der Waals surface area contributed by atoms with E-state index in [9.17, 15) is 4.21 Å². The van der Waals surface area contributed by atoms with Crippen LogP contribution in [0.3, 0.4) is 0 Å². The lowest BCUT2D eigenvalue weighted by Crippen LogP contribution is -1.98. The molecule has 0 radical (unpaired) electrons. The zero-order valence-electron chi connectivity index (χ0n) is 11.3. The molecule has 0 fully saturated rings. The van der Waals surface area contributed by atoms with E-state index in [1.807, 2.05) is 48.5 Å². The largest absolute Gasteiger partial charge is 0.398 e. The summed E-state index contributed by atoms with van der Waals surface area (Å²) in [4.78, 5) is 0.822. The molecule has 0 heterocycles. The van der Waals surface area contributed by atoms with Crippen molar-refractivity contribution in [3.05, 3.63) is 71.2 Å². The van der Waals surface area contributed by atoms with E-state index in [1.54, 1.807) is 12.1 Å². The Balaban J connectivity index is 1.87. The van der Waals surface area contributed by atoms with Gasteiger partial charge < -0.3 is 5.73 Å². The van der Waals surface area contributed by atoms with Crippen molar-refractivity contribution in [1.29, 1.82) is 0 Å². The average molecular weight is 316 g/mol. The summed E-state index contributed by atoms with van der Waals surface area (Å²) in [6.07, 6.45) is 0. The lowest BCUT2D eigenvalue weighted by molar-refractivity contribution is 0.683. The number of hydrogen-bond acceptors (Lipinski definition) is 2. The molecule has 0 amide bonds. The lowest BCUT2D eigenvalue weighted by atomic mass is 10.1. The van der Waals surface area contributed by atoms with Crippen molar-refractivity contribution in [1.82, 2.24) is 0 Å². The summed E-state index contributed by atoms with van der Waals surface area (Å²) in [5, 5.41) is 2.77. The van der Waals surface area contributed by atoms with Gasteiger partial charge in [-0.2, -0.15) is 0 Å². The Bertz CT molecular complexity index is 832. The third kappa shape index (κ3) is 3.09. The Hall–Kier alpha value is -1.84. The van der Waals surface area contributed by atoms with Gasteiger partial charge in [0.1, 0.15) is 0 Å². The van der Waals surface area contributed by atoms with Crippen LogP contribution in [0.25, 0.3) is 10.8 Å². The first-order chi connectivity index (χ1) is 10.1. The molecule has 0 aliphatic rings. The third-order valence-corrected chi connectivity index (χ3v) is 5.06. The summed E-state index contributed by atoms with van der Waals surface area (Å²) < 4.78 is 12.5. The molecule has 0 spiro atoms. The molecule has 0 bridgehead atoms. The van der Waals surface area contributed by atoms with Crippen LogP contribution in [-0.2, 0) is 16.6 Å². The van der Waals surface area contributed by atoms with Crippen molar-refractivity contribution in [3.63, 3.8) is 0 Å². The van der Waals surface area contributed by atoms with Gasteiger partial charge in [-0.25, -0.2) is 0 Å². The Morgan fingerprint density at radius 3 is 2.48 bits per heavy atom. The van der Waals surface area contributed by atoms with E-state index in [2.05, 4.69) is 0 Å². The number of benzene rings is 3. The molecule has 1 unspecified atom stereocenters. The average Bonchev–Trinajstić information content (AvgIpc) is 2.50. The maximum atomic E-state index is 12.5. The monoisotopic (exact) mass is 315 g/mol. The van der Waals surface area contributed by atoms with E-state index in [1.165, 1.54) is 0 Å². The fourth-order valence-corrected chi connectivity index (χ4v) is 3.47. The molecule has 4 heteroatoms. The van der Waals surface area contributed by atoms with Crippen molar-refractivity contribution in [2.24, 2.45) is 0 Å². The van der Waals surface area contributed by atoms with Gasteiger partial charge in [-0.15, -0.1) is 0 Å². The highest BCUT2D eigenvalue weighted by atomic mass is 35.5. The molecule has 1 atom stereocenters. The Morgan fingerprint density at radius 2 is 1.71 bits per heavy atom. The Morgan fingerprint density at radius 1 is 0.952 bits per heavy atom. The van der Waals surface area contributed by atoms with Crippen molar-refractivity contribution in [2.75, 3.05) is 5.73 Å². The quantitative estimate of drug-likeness (QED) is 0.729. The highest BCUT2D eigenvalue weighted by molar-refractivity contribution is 7.84. The molecule has 21 heavy (non-hydrogen) atoms. The molecular weight excluding hydrogens is 302 g/mol. The van der Waals surface area contributed by atoms with Crippen LogP contribution in [0.5, 0.6) is 0 Å². The number of rotatable bonds is 3. The smallest absolute Gasteiger partial charge is 0.0635 e. The predicted octanol–water partition coefficient (Wildman–Crippen LogP) is 4.38. The van der Waals surface area contributed by atoms with Gasteiger partial charge in [0.2, 0.25) is 0 Å². The lowest BCUT2D eigenvalue weighted by Gasteiger charge is -2.06. The second-order valence-electron chi connectivity index (χ2n) is 4.85. The van der Waals surface area contributed by atoms with Gasteiger partial charge in [-0.1, -0.05) is 48.0 Å². The zero-order valence-corrected chi connectivity index (χ0v) is 12.8. The van der Waals surface area contributed by atoms with Gasteiger partial charge >= 0.3 is 0 Å². The van der Waals surface area contributed by atoms with Crippen LogP contribution in [0, 0.1) is 0 Å². The van der Waals surface area contributed by atoms with Crippen LogP contribution in [0.2, 0.25) is 5.02 Å². The van der Waals surface area contributed by atoms with Crippen LogP contribution < -0.4 is 5.73 Å². The minimum Gasteiger partial charge on any atom is -0.398 e. The van der Waals surface area contributed by atoms with Crippen LogP contribution in [0.15, 0.2) is 65.6 Å². The summed E-state index contributed by atoms with van der Waals surface area (Å²) in [6.45, 7) is 0. The molecule has 2 nitrogen and oxygen atoms in total. The Labute approximate surface area is 131 Å². The molecule has 0 aromatic heterocycles. The van der Waals surface area contributed by atoms with Crippen LogP contribution >= 0.6 is 11.6 Å². The maximum absolute atomic E-state index is 12.5. The molecule has 0 aliphatic carbocycles. The van der Waals surface area contributed by atoms with Crippen LogP contribution in [0.4, 0.5) is 5.69 Å². The first-order valence-corrected chi connectivity index (χ1v) is 8.24. The van der Waals surface area contributed by atoms with E-state index in [-0.39, 0.29) is 0 Å². The summed E-state index contributed by atoms with van der Waals surface area (Å²) in [7, 11) is -1.10. The van der Waals surface area contributed by atoms with E-state index >= 15 is 0 Å². The molecule has 0 saturated carbocycles. The van der Waals surface area contributed by atoms with Gasteiger partial charge in [-0.05, 0) is 40.6 Å². The number of anilines is 1. The molecule has 3 aromatic rings. The molecule has 0 aliphatic heterocycles. The fourth-order valence-electron chi connectivity index (χ4n) is 2.23. The topological polar surface area (TPSA) is 43.1 Å². The van der Waals surface area contributed by atoms with Crippen LogP contribution in [0.1, 0.15) is 5.56 Å². The Kier molecular flexibility index (Phi) is 3.95. The van der Waals surface area contributed by atoms with Gasteiger partial charge in [-0.3, -0.25) is 4.21 Å². The van der Waals surface area contributed by atoms with Gasteiger partial charge in [0.15, 0.2) is 0 Å². The highest BCUT2D eigenvalue weighted by Crippen LogP contribution is 2.23. The summed E-state index contributed by atoms with van der Waals surface area (Å²) in [5.41, 5.74) is 7.22. The number of nitrogen functional groups attached to an aromatic ring is 1. The van der Waals surface area contributed by atoms with Crippen molar-refractivity contribution < 1.29 is 4.21 Å². The molecule has 3 aromatic carbocycles. The minimum absolute atomic E-state index is 0.430. The summed E-state index contributed by atoms with van der Waals surface area (Å²) in [5.74, 6) is 0.430. The number of halogens is 1. The third-order valence-electron chi connectivity index (χ3n) is 3.34. The summed E-state index contributed by atoms with van der Waals surface area (Å²) >= 11 is 5.90. The second kappa shape index (κ2) is 5.88. The first-order valence-electron chi connectivity index (χ1n) is 6.54. The van der Waals surface area contributed by atoms with Gasteiger partial charge in [0.25, 0.3) is 0 Å². The zero-order chi connectivity index (χ0) is 14.8. The van der Waals surface area contributed by atoms with E-state index in [0.29, 0.717) is 16.5 Å². The van der Waals surface area contributed by atoms with E-state index < -0.39 is 10.8 Å². The van der Waals surface area contributed by atoms with Gasteiger partial charge in [0.05, 0.1) is 27.3 Å². The molecule has 2 N–H and O–H groups in total. The number of hydrogen-bond donors (Lipinski definition) is 1. The normalized spacial score (nSPS) is 12.4. The molecule has 106 valence electrons. The first kappa shape index (κ1) is 14.1. The SMILES string of the molecule is Nc1cc(CS(=O)c2ccc3ccccc3c2)ccc1Cl. The predicted molar refractivity (Wildman–Crippen MR) is 89.9 cm³/mol. The fraction of sp³-hybridized carbons (Fsp3) is 0.0588. The molecular formula is C17H14ClNOS. The highest BCUT2D eigenvalue weighted by Gasteiger charge is 2.07. The van der Waals surface area contributed by atoms with Gasteiger partial charge in [0, 0.05) is 4.90 Å². The van der Waals surface area contributed by atoms with Crippen LogP contribution in [-0.4, -0.2) is 4.21 Å². The second-order valence-corrected chi connectivity index (χ2v) is 6.71. The maximum Gasteiger partial charge on any atom is 0.0635 e. The van der Waals surface area contributed by atoms with E-state index in [4.69, 9.17) is 17.3 Å². The van der Waals surface area contributed by atoms with Crippen molar-refractivity contribution >= 4 is 38.9 Å². The summed E-state index contributed by atoms with van der Waals surface area (Å²) in [6, 6.07) is 19.3. The number of nitrogens with two attached hydrogens (primary N) is 1. The van der Waals surface area contributed by atoms with Crippen molar-refractivity contribution in [3.8, 4) is 0 Å². The molecule has 0 saturated heterocycles. The standard InChI is InChI=1S/C17H14ClNOS/c18-16-8-5-12(9-17(16)19)11-21(20)15-7-6-13-3-1-2-4-14(13)10-15/h1-10H,11,19H2. The van der Waals surface area contributed by atoms with Crippen molar-refractivity contribution in [2.45, 2.75) is 10.6 Å².